The molecule has 0 aliphatic heterocycles. The van der Waals surface area contributed by atoms with E-state index in [0.717, 1.165) is 29.1 Å². The summed E-state index contributed by atoms with van der Waals surface area (Å²) in [6.07, 6.45) is 1.08. The minimum absolute atomic E-state index is 0.299. The van der Waals surface area contributed by atoms with Gasteiger partial charge in [0, 0.05) is 22.9 Å². The standard InChI is InChI=1S/C15H20N2S/c1-11(16)7-8-18-10-13-9-12(2)17-15-6-4-3-5-14(13)15/h3-6,9,11H,7-8,10,16H2,1-2H3. The van der Waals surface area contributed by atoms with Gasteiger partial charge in [0.25, 0.3) is 0 Å². The fourth-order valence-corrected chi connectivity index (χ4v) is 3.11. The molecular weight excluding hydrogens is 240 g/mol. The van der Waals surface area contributed by atoms with Crippen LogP contribution in [0.3, 0.4) is 0 Å². The minimum Gasteiger partial charge on any atom is -0.328 e. The van der Waals surface area contributed by atoms with E-state index in [-0.39, 0.29) is 0 Å². The molecule has 0 aliphatic carbocycles. The van der Waals surface area contributed by atoms with Gasteiger partial charge in [0.05, 0.1) is 5.52 Å². The number of para-hydroxylation sites is 1. The van der Waals surface area contributed by atoms with Crippen LogP contribution in [-0.2, 0) is 5.75 Å². The van der Waals surface area contributed by atoms with Crippen LogP contribution in [0.4, 0.5) is 0 Å². The Morgan fingerprint density at radius 2 is 2.11 bits per heavy atom. The second-order valence-electron chi connectivity index (χ2n) is 4.76. The van der Waals surface area contributed by atoms with Crippen molar-refractivity contribution in [1.29, 1.82) is 0 Å². The number of benzene rings is 1. The van der Waals surface area contributed by atoms with Gasteiger partial charge >= 0.3 is 0 Å². The minimum atomic E-state index is 0.299. The summed E-state index contributed by atoms with van der Waals surface area (Å²) in [6.45, 7) is 4.12. The number of aromatic nitrogens is 1. The van der Waals surface area contributed by atoms with Crippen LogP contribution in [0.25, 0.3) is 10.9 Å². The van der Waals surface area contributed by atoms with E-state index in [1.54, 1.807) is 0 Å². The summed E-state index contributed by atoms with van der Waals surface area (Å²) in [5.74, 6) is 2.16. The summed E-state index contributed by atoms with van der Waals surface area (Å²) < 4.78 is 0. The molecular formula is C15H20N2S. The summed E-state index contributed by atoms with van der Waals surface area (Å²) in [4.78, 5) is 4.56. The van der Waals surface area contributed by atoms with Gasteiger partial charge in [0.1, 0.15) is 0 Å². The molecule has 0 bridgehead atoms. The van der Waals surface area contributed by atoms with E-state index in [1.807, 2.05) is 17.8 Å². The normalized spacial score (nSPS) is 12.8. The van der Waals surface area contributed by atoms with Crippen LogP contribution in [0, 0.1) is 6.92 Å². The Balaban J connectivity index is 2.12. The molecule has 2 rings (SSSR count). The summed E-state index contributed by atoms with van der Waals surface area (Å²) in [5.41, 5.74) is 9.34. The summed E-state index contributed by atoms with van der Waals surface area (Å²) >= 11 is 1.95. The number of hydrogen-bond donors (Lipinski definition) is 1. The molecule has 0 saturated carbocycles. The average molecular weight is 260 g/mol. The van der Waals surface area contributed by atoms with Crippen LogP contribution >= 0.6 is 11.8 Å². The lowest BCUT2D eigenvalue weighted by atomic mass is 10.1. The number of aryl methyl sites for hydroxylation is 1. The topological polar surface area (TPSA) is 38.9 Å². The molecule has 96 valence electrons. The summed E-state index contributed by atoms with van der Waals surface area (Å²) in [7, 11) is 0. The van der Waals surface area contributed by atoms with E-state index in [2.05, 4.69) is 43.1 Å². The highest BCUT2D eigenvalue weighted by atomic mass is 32.2. The zero-order chi connectivity index (χ0) is 13.0. The average Bonchev–Trinajstić information content (AvgIpc) is 2.34. The van der Waals surface area contributed by atoms with Gasteiger partial charge in [-0.3, -0.25) is 4.98 Å². The number of pyridine rings is 1. The Hall–Kier alpha value is -1.06. The first kappa shape index (κ1) is 13.4. The van der Waals surface area contributed by atoms with Crippen molar-refractivity contribution in [2.24, 2.45) is 5.73 Å². The van der Waals surface area contributed by atoms with Gasteiger partial charge in [-0.15, -0.1) is 0 Å². The molecule has 0 amide bonds. The van der Waals surface area contributed by atoms with E-state index in [0.29, 0.717) is 6.04 Å². The molecule has 1 aromatic carbocycles. The van der Waals surface area contributed by atoms with Crippen molar-refractivity contribution in [2.75, 3.05) is 5.75 Å². The number of fused-ring (bicyclic) bond motifs is 1. The zero-order valence-electron chi connectivity index (χ0n) is 11.0. The molecule has 2 N–H and O–H groups in total. The smallest absolute Gasteiger partial charge is 0.0708 e. The lowest BCUT2D eigenvalue weighted by Gasteiger charge is -2.08. The van der Waals surface area contributed by atoms with Crippen LogP contribution in [0.2, 0.25) is 0 Å². The summed E-state index contributed by atoms with van der Waals surface area (Å²) in [5, 5.41) is 1.27. The molecule has 0 aliphatic rings. The summed E-state index contributed by atoms with van der Waals surface area (Å²) in [6, 6.07) is 10.9. The molecule has 1 aromatic heterocycles. The van der Waals surface area contributed by atoms with Gasteiger partial charge < -0.3 is 5.73 Å². The van der Waals surface area contributed by atoms with Crippen molar-refractivity contribution < 1.29 is 0 Å². The third-order valence-electron chi connectivity index (χ3n) is 2.91. The number of nitrogens with two attached hydrogens (primary N) is 1. The van der Waals surface area contributed by atoms with Gasteiger partial charge in [0.2, 0.25) is 0 Å². The Morgan fingerprint density at radius 1 is 1.33 bits per heavy atom. The van der Waals surface area contributed by atoms with Gasteiger partial charge in [0.15, 0.2) is 0 Å². The first-order chi connectivity index (χ1) is 8.66. The second-order valence-corrected chi connectivity index (χ2v) is 5.86. The van der Waals surface area contributed by atoms with Crippen LogP contribution < -0.4 is 5.73 Å². The molecule has 3 heteroatoms. The van der Waals surface area contributed by atoms with Crippen molar-refractivity contribution >= 4 is 22.7 Å². The molecule has 0 saturated heterocycles. The molecule has 1 heterocycles. The molecule has 0 spiro atoms. The molecule has 2 nitrogen and oxygen atoms in total. The maximum atomic E-state index is 5.76. The Bertz CT molecular complexity index is 523. The first-order valence-electron chi connectivity index (χ1n) is 6.35. The number of thioether (sulfide) groups is 1. The highest BCUT2D eigenvalue weighted by Crippen LogP contribution is 2.23. The van der Waals surface area contributed by atoms with E-state index < -0.39 is 0 Å². The van der Waals surface area contributed by atoms with E-state index >= 15 is 0 Å². The molecule has 2 aromatic rings. The highest BCUT2D eigenvalue weighted by molar-refractivity contribution is 7.98. The number of rotatable bonds is 5. The lowest BCUT2D eigenvalue weighted by Crippen LogP contribution is -2.15. The van der Waals surface area contributed by atoms with Gasteiger partial charge in [-0.2, -0.15) is 11.8 Å². The molecule has 1 atom stereocenters. The number of nitrogens with zero attached hydrogens (tertiary/aromatic N) is 1. The third kappa shape index (κ3) is 3.47. The predicted molar refractivity (Wildman–Crippen MR) is 80.9 cm³/mol. The van der Waals surface area contributed by atoms with Crippen molar-refractivity contribution in [3.63, 3.8) is 0 Å². The van der Waals surface area contributed by atoms with Crippen molar-refractivity contribution in [1.82, 2.24) is 4.98 Å². The lowest BCUT2D eigenvalue weighted by molar-refractivity contribution is 0.721. The van der Waals surface area contributed by atoms with Crippen LogP contribution in [0.15, 0.2) is 30.3 Å². The van der Waals surface area contributed by atoms with Crippen LogP contribution in [0.5, 0.6) is 0 Å². The Kier molecular flexibility index (Phi) is 4.61. The van der Waals surface area contributed by atoms with E-state index in [4.69, 9.17) is 5.73 Å². The molecule has 0 radical (unpaired) electrons. The Morgan fingerprint density at radius 3 is 2.89 bits per heavy atom. The molecule has 18 heavy (non-hydrogen) atoms. The van der Waals surface area contributed by atoms with Gasteiger partial charge in [-0.1, -0.05) is 18.2 Å². The quantitative estimate of drug-likeness (QED) is 0.836. The predicted octanol–water partition coefficient (Wildman–Crippen LogP) is 3.51. The fraction of sp³-hybridized carbons (Fsp3) is 0.400. The first-order valence-corrected chi connectivity index (χ1v) is 7.51. The monoisotopic (exact) mass is 260 g/mol. The largest absolute Gasteiger partial charge is 0.328 e. The fourth-order valence-electron chi connectivity index (χ4n) is 1.97. The molecule has 1 unspecified atom stereocenters. The third-order valence-corrected chi connectivity index (χ3v) is 3.94. The maximum absolute atomic E-state index is 5.76. The van der Waals surface area contributed by atoms with Crippen molar-refractivity contribution in [3.8, 4) is 0 Å². The number of hydrogen-bond acceptors (Lipinski definition) is 3. The second kappa shape index (κ2) is 6.21. The van der Waals surface area contributed by atoms with Gasteiger partial charge in [-0.25, -0.2) is 0 Å². The Labute approximate surface area is 113 Å². The SMILES string of the molecule is Cc1cc(CSCCC(C)N)c2ccccc2n1. The molecule has 0 fully saturated rings. The maximum Gasteiger partial charge on any atom is 0.0708 e. The van der Waals surface area contributed by atoms with Crippen LogP contribution in [-0.4, -0.2) is 16.8 Å². The highest BCUT2D eigenvalue weighted by Gasteiger charge is 2.04. The van der Waals surface area contributed by atoms with Gasteiger partial charge in [-0.05, 0) is 43.7 Å². The van der Waals surface area contributed by atoms with E-state index in [1.165, 1.54) is 10.9 Å². The zero-order valence-corrected chi connectivity index (χ0v) is 11.8. The van der Waals surface area contributed by atoms with Crippen molar-refractivity contribution in [2.45, 2.75) is 32.1 Å². The van der Waals surface area contributed by atoms with Crippen molar-refractivity contribution in [3.05, 3.63) is 41.6 Å². The van der Waals surface area contributed by atoms with E-state index in [9.17, 15) is 0 Å². The van der Waals surface area contributed by atoms with Crippen LogP contribution in [0.1, 0.15) is 24.6 Å².